The third-order valence-electron chi connectivity index (χ3n) is 5.78. The molecule has 2 aromatic carbocycles. The molecule has 0 amide bonds. The van der Waals surface area contributed by atoms with Gasteiger partial charge in [-0.2, -0.15) is 4.31 Å². The molecule has 0 saturated carbocycles. The Morgan fingerprint density at radius 2 is 1.72 bits per heavy atom. The highest BCUT2D eigenvalue weighted by Crippen LogP contribution is 2.46. The number of thioether (sulfide) groups is 1. The number of benzene rings is 2. The van der Waals surface area contributed by atoms with Gasteiger partial charge in [0.1, 0.15) is 5.75 Å². The number of sulfonamides is 1. The summed E-state index contributed by atoms with van der Waals surface area (Å²) in [6, 6.07) is 14.2. The van der Waals surface area contributed by atoms with Crippen LogP contribution in [-0.2, 0) is 10.0 Å². The van der Waals surface area contributed by atoms with Crippen LogP contribution in [0.2, 0.25) is 0 Å². The summed E-state index contributed by atoms with van der Waals surface area (Å²) in [4.78, 5) is 15.6. The first-order chi connectivity index (χ1) is 15.4. The van der Waals surface area contributed by atoms with Gasteiger partial charge in [-0.1, -0.05) is 25.6 Å². The van der Waals surface area contributed by atoms with Crippen molar-refractivity contribution in [2.45, 2.75) is 25.2 Å². The van der Waals surface area contributed by atoms with Crippen molar-refractivity contribution in [1.82, 2.24) is 9.21 Å². The van der Waals surface area contributed by atoms with E-state index in [4.69, 9.17) is 4.74 Å². The molecule has 2 aliphatic heterocycles. The normalized spacial score (nSPS) is 15.9. The van der Waals surface area contributed by atoms with Crippen molar-refractivity contribution in [2.75, 3.05) is 26.7 Å². The average Bonchev–Trinajstić information content (AvgIpc) is 3.42. The summed E-state index contributed by atoms with van der Waals surface area (Å²) >= 11 is 1.56. The van der Waals surface area contributed by atoms with E-state index in [-0.39, 0.29) is 10.7 Å². The quantitative estimate of drug-likeness (QED) is 0.527. The predicted molar refractivity (Wildman–Crippen MR) is 128 cm³/mol. The Kier molecular flexibility index (Phi) is 6.46. The summed E-state index contributed by atoms with van der Waals surface area (Å²) < 4.78 is 32.0. The second kappa shape index (κ2) is 9.13. The van der Waals surface area contributed by atoms with Gasteiger partial charge < -0.3 is 9.64 Å². The molecule has 2 aromatic rings. The molecular weight excluding hydrogens is 444 g/mol. The minimum Gasteiger partial charge on any atom is -0.497 e. The molecule has 0 atom stereocenters. The van der Waals surface area contributed by atoms with Gasteiger partial charge in [0.2, 0.25) is 10.0 Å². The molecule has 0 unspecified atom stereocenters. The lowest BCUT2D eigenvalue weighted by atomic mass is 10.0. The van der Waals surface area contributed by atoms with Crippen LogP contribution in [0.5, 0.6) is 5.75 Å². The summed E-state index contributed by atoms with van der Waals surface area (Å²) in [7, 11) is -1.90. The Hall–Kier alpha value is -2.55. The van der Waals surface area contributed by atoms with Crippen LogP contribution in [0.4, 0.5) is 0 Å². The molecule has 0 saturated heterocycles. The third-order valence-corrected chi connectivity index (χ3v) is 8.88. The highest BCUT2D eigenvalue weighted by molar-refractivity contribution is 8.06. The maximum atomic E-state index is 13.2. The largest absolute Gasteiger partial charge is 0.497 e. The zero-order chi connectivity index (χ0) is 22.9. The molecule has 2 aliphatic rings. The Balaban J connectivity index is 1.55. The fourth-order valence-electron chi connectivity index (χ4n) is 4.00. The van der Waals surface area contributed by atoms with Gasteiger partial charge in [-0.05, 0) is 60.5 Å². The molecular formula is C24H26N2O4S2. The van der Waals surface area contributed by atoms with E-state index >= 15 is 0 Å². The molecule has 0 spiro atoms. The van der Waals surface area contributed by atoms with E-state index in [1.807, 2.05) is 38.1 Å². The van der Waals surface area contributed by atoms with Crippen LogP contribution in [0.3, 0.4) is 0 Å². The van der Waals surface area contributed by atoms with Crippen LogP contribution in [-0.4, -0.2) is 50.2 Å². The number of ketones is 1. The number of fused-ring (bicyclic) bond motifs is 1. The SMILES string of the molecule is CCN(CC)S(=O)(=O)c1ccc(C(=O)C2=C3SC=C(c4ccc(OC)cc4)N3CC2)cc1. The lowest BCUT2D eigenvalue weighted by Crippen LogP contribution is -2.30. The van der Waals surface area contributed by atoms with E-state index in [1.54, 1.807) is 31.0 Å². The van der Waals surface area contributed by atoms with Gasteiger partial charge in [0, 0.05) is 36.2 Å². The van der Waals surface area contributed by atoms with E-state index in [0.717, 1.165) is 34.2 Å². The zero-order valence-electron chi connectivity index (χ0n) is 18.4. The first kappa shape index (κ1) is 22.6. The fraction of sp³-hybridized carbons (Fsp3) is 0.292. The topological polar surface area (TPSA) is 66.9 Å². The van der Waals surface area contributed by atoms with Crippen molar-refractivity contribution in [3.05, 3.63) is 75.7 Å². The summed E-state index contributed by atoms with van der Waals surface area (Å²) in [6.45, 7) is 5.19. The molecule has 6 nitrogen and oxygen atoms in total. The fourth-order valence-corrected chi connectivity index (χ4v) is 6.59. The van der Waals surface area contributed by atoms with Crippen LogP contribution in [0.1, 0.15) is 36.2 Å². The number of Topliss-reactive ketones (excluding diaryl/α,β-unsaturated/α-hetero) is 1. The van der Waals surface area contributed by atoms with Crippen LogP contribution < -0.4 is 4.74 Å². The molecule has 2 heterocycles. The second-order valence-corrected chi connectivity index (χ2v) is 10.3. The van der Waals surface area contributed by atoms with E-state index < -0.39 is 10.0 Å². The van der Waals surface area contributed by atoms with E-state index in [9.17, 15) is 13.2 Å². The van der Waals surface area contributed by atoms with Gasteiger partial charge in [0.25, 0.3) is 0 Å². The lowest BCUT2D eigenvalue weighted by molar-refractivity contribution is 0.103. The van der Waals surface area contributed by atoms with Crippen LogP contribution in [0.25, 0.3) is 5.70 Å². The lowest BCUT2D eigenvalue weighted by Gasteiger charge is -2.18. The highest BCUT2D eigenvalue weighted by atomic mass is 32.2. The van der Waals surface area contributed by atoms with Gasteiger partial charge >= 0.3 is 0 Å². The number of ether oxygens (including phenoxy) is 1. The van der Waals surface area contributed by atoms with Crippen LogP contribution in [0.15, 0.2) is 69.4 Å². The average molecular weight is 471 g/mol. The number of hydrogen-bond donors (Lipinski definition) is 0. The minimum atomic E-state index is -3.54. The first-order valence-electron chi connectivity index (χ1n) is 10.6. The number of carbonyl (C=O) groups excluding carboxylic acids is 1. The maximum absolute atomic E-state index is 13.2. The number of hydrogen-bond acceptors (Lipinski definition) is 6. The van der Waals surface area contributed by atoms with Crippen molar-refractivity contribution in [1.29, 1.82) is 0 Å². The van der Waals surface area contributed by atoms with Gasteiger partial charge in [-0.3, -0.25) is 4.79 Å². The molecule has 32 heavy (non-hydrogen) atoms. The van der Waals surface area contributed by atoms with Gasteiger partial charge in [0.15, 0.2) is 5.78 Å². The van der Waals surface area contributed by atoms with Gasteiger partial charge in [-0.25, -0.2) is 8.42 Å². The molecule has 0 aliphatic carbocycles. The second-order valence-electron chi connectivity index (χ2n) is 7.48. The molecule has 168 valence electrons. The monoisotopic (exact) mass is 470 g/mol. The van der Waals surface area contributed by atoms with Crippen molar-refractivity contribution in [3.8, 4) is 5.75 Å². The number of methoxy groups -OCH3 is 1. The Morgan fingerprint density at radius 3 is 2.31 bits per heavy atom. The number of rotatable bonds is 8. The standard InChI is InChI=1S/C24H26N2O4S2/c1-4-25(5-2)32(28,29)20-12-8-18(9-13-20)23(27)21-14-15-26-22(16-31-24(21)26)17-6-10-19(30-3)11-7-17/h6-13,16H,4-5,14-15H2,1-3H3. The minimum absolute atomic E-state index is 0.0498. The van der Waals surface area contributed by atoms with Gasteiger partial charge in [0.05, 0.1) is 22.7 Å². The van der Waals surface area contributed by atoms with Crippen LogP contribution >= 0.6 is 11.8 Å². The van der Waals surface area contributed by atoms with E-state index in [0.29, 0.717) is 25.1 Å². The highest BCUT2D eigenvalue weighted by Gasteiger charge is 2.34. The summed E-state index contributed by atoms with van der Waals surface area (Å²) in [6.07, 6.45) is 0.661. The van der Waals surface area contributed by atoms with Crippen LogP contribution in [0, 0.1) is 0 Å². The van der Waals surface area contributed by atoms with Crippen molar-refractivity contribution in [2.24, 2.45) is 0 Å². The molecule has 0 N–H and O–H groups in total. The van der Waals surface area contributed by atoms with Crippen molar-refractivity contribution in [3.63, 3.8) is 0 Å². The van der Waals surface area contributed by atoms with E-state index in [2.05, 4.69) is 10.3 Å². The number of carbonyl (C=O) groups is 1. The Bertz CT molecular complexity index is 1180. The van der Waals surface area contributed by atoms with Gasteiger partial charge in [-0.15, -0.1) is 0 Å². The number of nitrogens with zero attached hydrogens (tertiary/aromatic N) is 2. The summed E-state index contributed by atoms with van der Waals surface area (Å²) in [5, 5.41) is 3.03. The molecule has 0 radical (unpaired) electrons. The first-order valence-corrected chi connectivity index (χ1v) is 12.9. The predicted octanol–water partition coefficient (Wildman–Crippen LogP) is 4.57. The van der Waals surface area contributed by atoms with E-state index in [1.165, 1.54) is 16.4 Å². The maximum Gasteiger partial charge on any atom is 0.243 e. The molecule has 0 aromatic heterocycles. The zero-order valence-corrected chi connectivity index (χ0v) is 20.0. The molecule has 8 heteroatoms. The summed E-state index contributed by atoms with van der Waals surface area (Å²) in [5.41, 5.74) is 3.43. The third kappa shape index (κ3) is 3.98. The Morgan fingerprint density at radius 1 is 1.06 bits per heavy atom. The van der Waals surface area contributed by atoms with Crippen molar-refractivity contribution >= 4 is 33.3 Å². The van der Waals surface area contributed by atoms with Crippen molar-refractivity contribution < 1.29 is 17.9 Å². The molecule has 4 rings (SSSR count). The molecule has 0 bridgehead atoms. The molecule has 0 fully saturated rings. The smallest absolute Gasteiger partial charge is 0.243 e. The Labute approximate surface area is 193 Å². The summed E-state index contributed by atoms with van der Waals surface area (Å²) in [5.74, 6) is 0.755.